The number of thiophene rings is 1. The van der Waals surface area contributed by atoms with Crippen LogP contribution >= 0.6 is 23.1 Å². The summed E-state index contributed by atoms with van der Waals surface area (Å²) in [6.07, 6.45) is 2.51. The van der Waals surface area contributed by atoms with E-state index in [2.05, 4.69) is 18.7 Å². The predicted molar refractivity (Wildman–Crippen MR) is 136 cm³/mol. The fourth-order valence-electron chi connectivity index (χ4n) is 4.09. The van der Waals surface area contributed by atoms with Crippen LogP contribution in [0, 0.1) is 0 Å². The molecule has 0 radical (unpaired) electrons. The van der Waals surface area contributed by atoms with Crippen molar-refractivity contribution in [2.24, 2.45) is 0 Å². The number of carbonyl (C=O) groups is 1. The lowest BCUT2D eigenvalue weighted by atomic mass is 10.1. The zero-order valence-corrected chi connectivity index (χ0v) is 19.9. The first-order chi connectivity index (χ1) is 16.0. The van der Waals surface area contributed by atoms with Crippen molar-refractivity contribution < 1.29 is 4.79 Å². The van der Waals surface area contributed by atoms with Gasteiger partial charge in [0.2, 0.25) is 5.91 Å². The summed E-state index contributed by atoms with van der Waals surface area (Å²) < 4.78 is 1.73. The summed E-state index contributed by atoms with van der Waals surface area (Å²) in [5, 5.41) is 1.37. The van der Waals surface area contributed by atoms with E-state index in [1.54, 1.807) is 23.3 Å². The highest BCUT2D eigenvalue weighted by atomic mass is 32.2. The van der Waals surface area contributed by atoms with Gasteiger partial charge in [0.1, 0.15) is 4.83 Å². The summed E-state index contributed by atoms with van der Waals surface area (Å²) in [4.78, 5) is 34.3. The summed E-state index contributed by atoms with van der Waals surface area (Å²) in [6, 6.07) is 17.9. The summed E-state index contributed by atoms with van der Waals surface area (Å²) in [5.41, 5.74) is 4.05. The van der Waals surface area contributed by atoms with Gasteiger partial charge in [0.25, 0.3) is 5.56 Å². The molecule has 0 N–H and O–H groups in total. The molecule has 166 valence electrons. The first-order valence-corrected chi connectivity index (χ1v) is 12.6. The highest BCUT2D eigenvalue weighted by Crippen LogP contribution is 2.34. The molecule has 1 aliphatic rings. The molecule has 2 aromatic carbocycles. The summed E-state index contributed by atoms with van der Waals surface area (Å²) >= 11 is 3.09. The Kier molecular flexibility index (Phi) is 5.91. The maximum absolute atomic E-state index is 13.8. The van der Waals surface area contributed by atoms with Gasteiger partial charge in [0.05, 0.1) is 17.6 Å². The standard InChI is InChI=1S/C26H23N3O2S2/c1-3-18-9-11-19(12-10-18)16-32-26-27-24-23(25(31)29(26)20-7-5-4-6-8-20)21-13-14-28(17(2)30)15-22(21)33-24/h3-12H,1,13-16H2,2H3. The van der Waals surface area contributed by atoms with Crippen LogP contribution in [0.2, 0.25) is 0 Å². The third-order valence-corrected chi connectivity index (χ3v) is 8.01. The van der Waals surface area contributed by atoms with Crippen molar-refractivity contribution in [1.29, 1.82) is 0 Å². The van der Waals surface area contributed by atoms with Crippen LogP contribution in [-0.2, 0) is 23.5 Å². The lowest BCUT2D eigenvalue weighted by molar-refractivity contribution is -0.129. The van der Waals surface area contributed by atoms with Crippen molar-refractivity contribution in [3.8, 4) is 5.69 Å². The molecule has 1 amide bonds. The van der Waals surface area contributed by atoms with Crippen molar-refractivity contribution >= 4 is 45.3 Å². The Morgan fingerprint density at radius 2 is 1.94 bits per heavy atom. The summed E-state index contributed by atoms with van der Waals surface area (Å²) in [5.74, 6) is 0.761. The fraction of sp³-hybridized carbons (Fsp3) is 0.192. The molecule has 0 bridgehead atoms. The molecule has 3 heterocycles. The van der Waals surface area contributed by atoms with Crippen LogP contribution in [0.5, 0.6) is 0 Å². The minimum Gasteiger partial charge on any atom is -0.337 e. The Balaban J connectivity index is 1.60. The second kappa shape index (κ2) is 9.00. The number of nitrogens with zero attached hydrogens (tertiary/aromatic N) is 3. The molecule has 0 spiro atoms. The number of hydrogen-bond acceptors (Lipinski definition) is 5. The quantitative estimate of drug-likeness (QED) is 0.292. The third-order valence-electron chi connectivity index (χ3n) is 5.89. The Labute approximate surface area is 200 Å². The largest absolute Gasteiger partial charge is 0.337 e. The Morgan fingerprint density at radius 3 is 2.64 bits per heavy atom. The van der Waals surface area contributed by atoms with Crippen LogP contribution in [-0.4, -0.2) is 26.9 Å². The first-order valence-electron chi connectivity index (χ1n) is 10.8. The van der Waals surface area contributed by atoms with Crippen LogP contribution in [0.15, 0.2) is 71.1 Å². The van der Waals surface area contributed by atoms with E-state index in [1.807, 2.05) is 53.4 Å². The molecule has 2 aromatic heterocycles. The molecule has 0 aliphatic carbocycles. The number of amides is 1. The number of para-hydroxylation sites is 1. The molecule has 5 nitrogen and oxygen atoms in total. The molecule has 33 heavy (non-hydrogen) atoms. The topological polar surface area (TPSA) is 55.2 Å². The second-order valence-corrected chi connectivity index (χ2v) is 10.0. The van der Waals surface area contributed by atoms with Crippen molar-refractivity contribution in [2.45, 2.75) is 30.8 Å². The Hall–Kier alpha value is -3.16. The number of carbonyl (C=O) groups excluding carboxylic acids is 1. The number of aromatic nitrogens is 2. The van der Waals surface area contributed by atoms with Crippen LogP contribution in [0.25, 0.3) is 22.0 Å². The van der Waals surface area contributed by atoms with Crippen LogP contribution in [0.3, 0.4) is 0 Å². The lowest BCUT2D eigenvalue weighted by Crippen LogP contribution is -2.34. The van der Waals surface area contributed by atoms with Crippen molar-refractivity contribution in [2.75, 3.05) is 6.54 Å². The zero-order chi connectivity index (χ0) is 22.9. The van der Waals surface area contributed by atoms with E-state index < -0.39 is 0 Å². The minimum absolute atomic E-state index is 0.0375. The molecule has 0 saturated carbocycles. The smallest absolute Gasteiger partial charge is 0.267 e. The highest BCUT2D eigenvalue weighted by molar-refractivity contribution is 7.98. The van der Waals surface area contributed by atoms with Gasteiger partial charge in [0.15, 0.2) is 5.16 Å². The molecule has 0 saturated heterocycles. The number of hydrogen-bond donors (Lipinski definition) is 0. The highest BCUT2D eigenvalue weighted by Gasteiger charge is 2.26. The fourth-order valence-corrected chi connectivity index (χ4v) is 6.34. The van der Waals surface area contributed by atoms with Crippen molar-refractivity contribution in [3.05, 3.63) is 93.1 Å². The number of benzene rings is 2. The van der Waals surface area contributed by atoms with Gasteiger partial charge in [-0.3, -0.25) is 14.2 Å². The summed E-state index contributed by atoms with van der Waals surface area (Å²) in [7, 11) is 0. The average Bonchev–Trinajstić information content (AvgIpc) is 3.21. The van der Waals surface area contributed by atoms with Crippen molar-refractivity contribution in [1.82, 2.24) is 14.5 Å². The monoisotopic (exact) mass is 473 g/mol. The van der Waals surface area contributed by atoms with Gasteiger partial charge in [0, 0.05) is 24.1 Å². The van der Waals surface area contributed by atoms with Gasteiger partial charge < -0.3 is 4.90 Å². The molecule has 7 heteroatoms. The van der Waals surface area contributed by atoms with E-state index in [0.717, 1.165) is 32.1 Å². The molecular formula is C26H23N3O2S2. The van der Waals surface area contributed by atoms with Crippen LogP contribution in [0.1, 0.15) is 28.5 Å². The van der Waals surface area contributed by atoms with Gasteiger partial charge in [-0.1, -0.05) is 66.9 Å². The number of rotatable bonds is 5. The van der Waals surface area contributed by atoms with E-state index in [1.165, 1.54) is 11.3 Å². The number of thioether (sulfide) groups is 1. The normalized spacial score (nSPS) is 13.2. The molecule has 5 rings (SSSR count). The zero-order valence-electron chi connectivity index (χ0n) is 18.3. The second-order valence-electron chi connectivity index (χ2n) is 7.98. The minimum atomic E-state index is -0.0375. The van der Waals surface area contributed by atoms with Gasteiger partial charge in [-0.25, -0.2) is 4.98 Å². The number of fused-ring (bicyclic) bond motifs is 3. The van der Waals surface area contributed by atoms with E-state index >= 15 is 0 Å². The van der Waals surface area contributed by atoms with E-state index in [0.29, 0.717) is 35.8 Å². The summed E-state index contributed by atoms with van der Waals surface area (Å²) in [6.45, 7) is 6.58. The van der Waals surface area contributed by atoms with Crippen LogP contribution in [0.4, 0.5) is 0 Å². The molecule has 0 unspecified atom stereocenters. The van der Waals surface area contributed by atoms with Crippen molar-refractivity contribution in [3.63, 3.8) is 0 Å². The van der Waals surface area contributed by atoms with Gasteiger partial charge in [-0.2, -0.15) is 0 Å². The van der Waals surface area contributed by atoms with E-state index in [4.69, 9.17) is 4.98 Å². The molecular weight excluding hydrogens is 450 g/mol. The lowest BCUT2D eigenvalue weighted by Gasteiger charge is -2.25. The van der Waals surface area contributed by atoms with Crippen LogP contribution < -0.4 is 5.56 Å². The SMILES string of the molecule is C=Cc1ccc(CSc2nc3sc4c(c3c(=O)n2-c2ccccc2)CCN(C(C)=O)C4)cc1. The van der Waals surface area contributed by atoms with Gasteiger partial charge in [-0.15, -0.1) is 11.3 Å². The van der Waals surface area contributed by atoms with E-state index in [9.17, 15) is 9.59 Å². The van der Waals surface area contributed by atoms with E-state index in [-0.39, 0.29) is 11.5 Å². The Bertz CT molecular complexity index is 1410. The third kappa shape index (κ3) is 4.14. The van der Waals surface area contributed by atoms with Gasteiger partial charge >= 0.3 is 0 Å². The average molecular weight is 474 g/mol. The Morgan fingerprint density at radius 1 is 1.18 bits per heavy atom. The molecule has 4 aromatic rings. The maximum Gasteiger partial charge on any atom is 0.267 e. The molecule has 0 fully saturated rings. The molecule has 0 atom stereocenters. The maximum atomic E-state index is 13.8. The first kappa shape index (κ1) is 21.7. The van der Waals surface area contributed by atoms with Gasteiger partial charge in [-0.05, 0) is 35.2 Å². The predicted octanol–water partition coefficient (Wildman–Crippen LogP) is 5.29. The molecule has 1 aliphatic heterocycles.